The minimum Gasteiger partial charge on any atom is -0.357 e. The van der Waals surface area contributed by atoms with Gasteiger partial charge in [0.05, 0.1) is 0 Å². The Morgan fingerprint density at radius 3 is 2.17 bits per heavy atom. The fourth-order valence-corrected chi connectivity index (χ4v) is 3.56. The Hall–Kier alpha value is -1.79. The molecule has 0 unspecified atom stereocenters. The number of hydrogen-bond acceptors (Lipinski definition) is 3. The molecule has 1 saturated heterocycles. The molecular formula is C23H45N5O2. The molecule has 0 aliphatic carbocycles. The first kappa shape index (κ1) is 26.2. The van der Waals surface area contributed by atoms with Gasteiger partial charge in [-0.15, -0.1) is 0 Å². The summed E-state index contributed by atoms with van der Waals surface area (Å²) in [4.78, 5) is 35.3. The van der Waals surface area contributed by atoms with Gasteiger partial charge in [0.2, 0.25) is 11.8 Å². The third kappa shape index (κ3) is 10.3. The topological polar surface area (TPSA) is 68.2 Å². The van der Waals surface area contributed by atoms with E-state index < -0.39 is 0 Å². The molecule has 1 aliphatic heterocycles. The molecule has 1 N–H and O–H groups in total. The molecule has 7 heteroatoms. The van der Waals surface area contributed by atoms with Crippen molar-refractivity contribution >= 4 is 17.8 Å². The fourth-order valence-electron chi connectivity index (χ4n) is 3.56. The third-order valence-electron chi connectivity index (χ3n) is 5.42. The molecule has 0 radical (unpaired) electrons. The Morgan fingerprint density at radius 1 is 0.967 bits per heavy atom. The van der Waals surface area contributed by atoms with Crippen LogP contribution in [0.2, 0.25) is 0 Å². The van der Waals surface area contributed by atoms with Gasteiger partial charge in [0.1, 0.15) is 0 Å². The van der Waals surface area contributed by atoms with E-state index in [0.29, 0.717) is 44.9 Å². The highest BCUT2D eigenvalue weighted by atomic mass is 16.2. The number of hydrogen-bond donors (Lipinski definition) is 1. The van der Waals surface area contributed by atoms with Crippen molar-refractivity contribution in [1.29, 1.82) is 0 Å². The van der Waals surface area contributed by atoms with Crippen LogP contribution in [-0.2, 0) is 9.59 Å². The molecule has 174 valence electrons. The quantitative estimate of drug-likeness (QED) is 0.298. The van der Waals surface area contributed by atoms with E-state index >= 15 is 0 Å². The molecule has 30 heavy (non-hydrogen) atoms. The maximum atomic E-state index is 12.4. The monoisotopic (exact) mass is 423 g/mol. The molecule has 0 atom stereocenters. The van der Waals surface area contributed by atoms with E-state index in [1.54, 1.807) is 0 Å². The lowest BCUT2D eigenvalue weighted by molar-refractivity contribution is -0.140. The average molecular weight is 424 g/mol. The highest BCUT2D eigenvalue weighted by molar-refractivity contribution is 5.79. The molecule has 1 aliphatic rings. The van der Waals surface area contributed by atoms with E-state index in [9.17, 15) is 9.59 Å². The summed E-state index contributed by atoms with van der Waals surface area (Å²) in [5.74, 6) is 1.80. The molecule has 0 aromatic heterocycles. The SMILES string of the molecule is CCCCN(C)C(=NCCCCCC(=O)N1CCN(C(=O)CC(C)C)CC1)NCC. The van der Waals surface area contributed by atoms with E-state index in [1.807, 2.05) is 9.80 Å². The Kier molecular flexibility index (Phi) is 13.2. The van der Waals surface area contributed by atoms with Gasteiger partial charge in [-0.1, -0.05) is 33.6 Å². The number of piperazine rings is 1. The summed E-state index contributed by atoms with van der Waals surface area (Å²) in [5, 5.41) is 3.35. The van der Waals surface area contributed by atoms with Crippen molar-refractivity contribution in [2.45, 2.75) is 72.6 Å². The predicted octanol–water partition coefficient (Wildman–Crippen LogP) is 2.96. The van der Waals surface area contributed by atoms with Crippen LogP contribution >= 0.6 is 0 Å². The van der Waals surface area contributed by atoms with Gasteiger partial charge in [-0.2, -0.15) is 0 Å². The molecule has 2 amide bonds. The normalized spacial score (nSPS) is 14.9. The largest absolute Gasteiger partial charge is 0.357 e. The van der Waals surface area contributed by atoms with Gasteiger partial charge < -0.3 is 20.0 Å². The molecule has 1 heterocycles. The maximum Gasteiger partial charge on any atom is 0.222 e. The van der Waals surface area contributed by atoms with Crippen LogP contribution in [0.3, 0.4) is 0 Å². The van der Waals surface area contributed by atoms with E-state index in [0.717, 1.165) is 44.9 Å². The van der Waals surface area contributed by atoms with E-state index in [1.165, 1.54) is 12.8 Å². The van der Waals surface area contributed by atoms with Crippen LogP contribution in [0.4, 0.5) is 0 Å². The van der Waals surface area contributed by atoms with Crippen LogP contribution < -0.4 is 5.32 Å². The Morgan fingerprint density at radius 2 is 1.60 bits per heavy atom. The molecule has 0 aromatic carbocycles. The smallest absolute Gasteiger partial charge is 0.222 e. The van der Waals surface area contributed by atoms with Crippen molar-refractivity contribution in [3.63, 3.8) is 0 Å². The van der Waals surface area contributed by atoms with Crippen molar-refractivity contribution in [3.8, 4) is 0 Å². The zero-order valence-electron chi connectivity index (χ0n) is 20.1. The minimum atomic E-state index is 0.218. The van der Waals surface area contributed by atoms with Crippen LogP contribution in [0, 0.1) is 5.92 Å². The lowest BCUT2D eigenvalue weighted by Crippen LogP contribution is -2.50. The summed E-state index contributed by atoms with van der Waals surface area (Å²) in [6.45, 7) is 13.8. The third-order valence-corrected chi connectivity index (χ3v) is 5.42. The van der Waals surface area contributed by atoms with Gasteiger partial charge in [-0.3, -0.25) is 14.6 Å². The van der Waals surface area contributed by atoms with Crippen molar-refractivity contribution < 1.29 is 9.59 Å². The number of aliphatic imine (C=N–C) groups is 1. The second-order valence-corrected chi connectivity index (χ2v) is 8.68. The zero-order chi connectivity index (χ0) is 22.4. The number of unbranched alkanes of at least 4 members (excludes halogenated alkanes) is 3. The van der Waals surface area contributed by atoms with Gasteiger partial charge in [0.15, 0.2) is 5.96 Å². The highest BCUT2D eigenvalue weighted by Crippen LogP contribution is 2.11. The summed E-state index contributed by atoms with van der Waals surface area (Å²) < 4.78 is 0. The first-order valence-electron chi connectivity index (χ1n) is 11.9. The fraction of sp³-hybridized carbons (Fsp3) is 0.870. The van der Waals surface area contributed by atoms with Gasteiger partial charge in [0.25, 0.3) is 0 Å². The summed E-state index contributed by atoms with van der Waals surface area (Å²) >= 11 is 0. The van der Waals surface area contributed by atoms with Crippen LogP contribution in [0.25, 0.3) is 0 Å². The van der Waals surface area contributed by atoms with Crippen LogP contribution in [0.15, 0.2) is 4.99 Å². The number of nitrogens with one attached hydrogen (secondary N) is 1. The Labute approximate surface area is 184 Å². The summed E-state index contributed by atoms with van der Waals surface area (Å²) in [7, 11) is 2.09. The van der Waals surface area contributed by atoms with Crippen LogP contribution in [0.5, 0.6) is 0 Å². The number of nitrogens with zero attached hydrogens (tertiary/aromatic N) is 4. The van der Waals surface area contributed by atoms with Gasteiger partial charge in [-0.05, 0) is 32.1 Å². The first-order valence-corrected chi connectivity index (χ1v) is 11.9. The predicted molar refractivity (Wildman–Crippen MR) is 125 cm³/mol. The van der Waals surface area contributed by atoms with Gasteiger partial charge in [-0.25, -0.2) is 0 Å². The molecule has 1 rings (SSSR count). The second kappa shape index (κ2) is 15.1. The van der Waals surface area contributed by atoms with E-state index in [-0.39, 0.29) is 11.8 Å². The molecule has 7 nitrogen and oxygen atoms in total. The number of rotatable bonds is 12. The van der Waals surface area contributed by atoms with Crippen molar-refractivity contribution in [2.75, 3.05) is 52.9 Å². The summed E-state index contributed by atoms with van der Waals surface area (Å²) in [6, 6.07) is 0. The summed E-state index contributed by atoms with van der Waals surface area (Å²) in [6.07, 6.45) is 6.47. The van der Waals surface area contributed by atoms with Crippen molar-refractivity contribution in [3.05, 3.63) is 0 Å². The second-order valence-electron chi connectivity index (χ2n) is 8.68. The van der Waals surface area contributed by atoms with E-state index in [2.05, 4.69) is 45.0 Å². The maximum absolute atomic E-state index is 12.4. The minimum absolute atomic E-state index is 0.218. The molecule has 0 saturated carbocycles. The summed E-state index contributed by atoms with van der Waals surface area (Å²) in [5.41, 5.74) is 0. The number of amides is 2. The van der Waals surface area contributed by atoms with Gasteiger partial charge >= 0.3 is 0 Å². The molecule has 0 spiro atoms. The van der Waals surface area contributed by atoms with Crippen molar-refractivity contribution in [1.82, 2.24) is 20.0 Å². The van der Waals surface area contributed by atoms with Crippen LogP contribution in [-0.4, -0.2) is 85.3 Å². The number of carbonyl (C=O) groups excluding carboxylic acids is 2. The lowest BCUT2D eigenvalue weighted by atomic mass is 10.1. The van der Waals surface area contributed by atoms with Crippen LogP contribution in [0.1, 0.15) is 72.6 Å². The number of carbonyl (C=O) groups is 2. The number of guanidine groups is 1. The van der Waals surface area contributed by atoms with E-state index in [4.69, 9.17) is 4.99 Å². The average Bonchev–Trinajstić information content (AvgIpc) is 2.73. The Bertz CT molecular complexity index is 528. The molecule has 1 fully saturated rings. The molecule has 0 bridgehead atoms. The van der Waals surface area contributed by atoms with Crippen molar-refractivity contribution in [2.24, 2.45) is 10.9 Å². The standard InChI is InChI=1S/C23H45N5O2/c1-6-8-14-26(5)23(24-7-2)25-13-11-9-10-12-21(29)27-15-17-28(18-16-27)22(30)19-20(3)4/h20H,6-19H2,1-5H3,(H,24,25). The first-order chi connectivity index (χ1) is 14.4. The zero-order valence-corrected chi connectivity index (χ0v) is 20.1. The molecule has 0 aromatic rings. The molecular weight excluding hydrogens is 378 g/mol. The van der Waals surface area contributed by atoms with Gasteiger partial charge in [0, 0.05) is 65.7 Å². The Balaban J connectivity index is 2.23. The lowest BCUT2D eigenvalue weighted by Gasteiger charge is -2.35. The highest BCUT2D eigenvalue weighted by Gasteiger charge is 2.23.